The molecule has 1 amide bonds. The van der Waals surface area contributed by atoms with Gasteiger partial charge in [0.15, 0.2) is 0 Å². The molecule has 0 spiro atoms. The lowest BCUT2D eigenvalue weighted by molar-refractivity contribution is -0.116. The molecule has 1 N–H and O–H groups in total. The fourth-order valence-electron chi connectivity index (χ4n) is 2.56. The molecule has 0 saturated carbocycles. The van der Waals surface area contributed by atoms with Gasteiger partial charge in [0.25, 0.3) is 0 Å². The van der Waals surface area contributed by atoms with E-state index < -0.39 is 0 Å². The maximum atomic E-state index is 12.2. The Kier molecular flexibility index (Phi) is 5.03. The molecule has 116 valence electrons. The topological polar surface area (TPSA) is 42.0 Å². The van der Waals surface area contributed by atoms with Crippen LogP contribution >= 0.6 is 15.9 Å². The highest BCUT2D eigenvalue weighted by Crippen LogP contribution is 2.21. The van der Waals surface area contributed by atoms with Crippen LogP contribution in [0.25, 0.3) is 10.9 Å². The molecule has 0 bridgehead atoms. The van der Waals surface area contributed by atoms with Crippen molar-refractivity contribution in [2.75, 3.05) is 5.32 Å². The maximum absolute atomic E-state index is 12.2. The summed E-state index contributed by atoms with van der Waals surface area (Å²) < 4.78 is 1.10. The number of hydrogen-bond donors (Lipinski definition) is 1. The Balaban J connectivity index is 1.60. The Bertz CT molecular complexity index is 827. The van der Waals surface area contributed by atoms with Gasteiger partial charge in [0, 0.05) is 22.5 Å². The number of nitrogens with one attached hydrogen (secondary N) is 1. The molecule has 3 aromatic rings. The van der Waals surface area contributed by atoms with E-state index in [9.17, 15) is 4.79 Å². The zero-order valence-electron chi connectivity index (χ0n) is 12.6. The summed E-state index contributed by atoms with van der Waals surface area (Å²) in [5, 5.41) is 4.00. The zero-order valence-corrected chi connectivity index (χ0v) is 14.2. The number of benzene rings is 2. The number of fused-ring (bicyclic) bond motifs is 1. The van der Waals surface area contributed by atoms with Crippen molar-refractivity contribution in [2.45, 2.75) is 19.3 Å². The van der Waals surface area contributed by atoms with Gasteiger partial charge >= 0.3 is 0 Å². The minimum atomic E-state index is 0.0233. The van der Waals surface area contributed by atoms with Gasteiger partial charge in [-0.15, -0.1) is 0 Å². The second-order valence-electron chi connectivity index (χ2n) is 5.37. The van der Waals surface area contributed by atoms with Crippen LogP contribution in [0.15, 0.2) is 65.3 Å². The predicted octanol–water partition coefficient (Wildman–Crippen LogP) is 4.96. The SMILES string of the molecule is O=C(CCCc1ccccc1Br)Nc1cccc2cccnc12. The van der Waals surface area contributed by atoms with Crippen molar-refractivity contribution in [1.82, 2.24) is 4.98 Å². The lowest BCUT2D eigenvalue weighted by Crippen LogP contribution is -2.12. The van der Waals surface area contributed by atoms with Gasteiger partial charge in [0.1, 0.15) is 0 Å². The van der Waals surface area contributed by atoms with Crippen molar-refractivity contribution < 1.29 is 4.79 Å². The molecule has 3 rings (SSSR count). The summed E-state index contributed by atoms with van der Waals surface area (Å²) >= 11 is 3.54. The normalized spacial score (nSPS) is 10.7. The predicted molar refractivity (Wildman–Crippen MR) is 97.5 cm³/mol. The fourth-order valence-corrected chi connectivity index (χ4v) is 3.04. The number of para-hydroxylation sites is 1. The van der Waals surface area contributed by atoms with E-state index in [1.807, 2.05) is 48.5 Å². The maximum Gasteiger partial charge on any atom is 0.224 e. The van der Waals surface area contributed by atoms with Crippen LogP contribution in [0.4, 0.5) is 5.69 Å². The van der Waals surface area contributed by atoms with Crippen molar-refractivity contribution in [2.24, 2.45) is 0 Å². The largest absolute Gasteiger partial charge is 0.324 e. The van der Waals surface area contributed by atoms with Gasteiger partial charge in [-0.2, -0.15) is 0 Å². The summed E-state index contributed by atoms with van der Waals surface area (Å²) in [4.78, 5) is 16.5. The molecule has 0 atom stereocenters. The number of hydrogen-bond acceptors (Lipinski definition) is 2. The van der Waals surface area contributed by atoms with E-state index in [4.69, 9.17) is 0 Å². The highest BCUT2D eigenvalue weighted by Gasteiger charge is 2.07. The first-order valence-corrected chi connectivity index (χ1v) is 8.40. The highest BCUT2D eigenvalue weighted by molar-refractivity contribution is 9.10. The summed E-state index contributed by atoms with van der Waals surface area (Å²) in [6.07, 6.45) is 3.92. The minimum Gasteiger partial charge on any atom is -0.324 e. The van der Waals surface area contributed by atoms with Crippen LogP contribution in [0.2, 0.25) is 0 Å². The number of halogens is 1. The van der Waals surface area contributed by atoms with Gasteiger partial charge in [-0.1, -0.05) is 52.3 Å². The Hall–Kier alpha value is -2.20. The third kappa shape index (κ3) is 3.96. The first-order valence-electron chi connectivity index (χ1n) is 7.61. The molecule has 2 aromatic carbocycles. The summed E-state index contributed by atoms with van der Waals surface area (Å²) in [6.45, 7) is 0. The van der Waals surface area contributed by atoms with Crippen LogP contribution in [0.1, 0.15) is 18.4 Å². The van der Waals surface area contributed by atoms with E-state index in [2.05, 4.69) is 32.3 Å². The third-order valence-electron chi connectivity index (χ3n) is 3.71. The van der Waals surface area contributed by atoms with Gasteiger partial charge in [-0.05, 0) is 36.6 Å². The molecule has 4 heteroatoms. The average molecular weight is 369 g/mol. The molecule has 0 aliphatic rings. The van der Waals surface area contributed by atoms with Crippen molar-refractivity contribution in [1.29, 1.82) is 0 Å². The number of aryl methyl sites for hydroxylation is 1. The summed E-state index contributed by atoms with van der Waals surface area (Å²) in [5.41, 5.74) is 2.83. The summed E-state index contributed by atoms with van der Waals surface area (Å²) in [7, 11) is 0. The molecule has 23 heavy (non-hydrogen) atoms. The summed E-state index contributed by atoms with van der Waals surface area (Å²) in [5.74, 6) is 0.0233. The van der Waals surface area contributed by atoms with Crippen LogP contribution in [0, 0.1) is 0 Å². The van der Waals surface area contributed by atoms with E-state index in [0.717, 1.165) is 33.9 Å². The lowest BCUT2D eigenvalue weighted by atomic mass is 10.1. The first kappa shape index (κ1) is 15.7. The van der Waals surface area contributed by atoms with Crippen molar-refractivity contribution in [3.05, 3.63) is 70.8 Å². The standard InChI is InChI=1S/C19H17BrN2O/c20-16-10-2-1-6-14(16)7-4-12-18(23)22-17-11-3-8-15-9-5-13-21-19(15)17/h1-3,5-6,8-11,13H,4,7,12H2,(H,22,23). The van der Waals surface area contributed by atoms with E-state index in [0.29, 0.717) is 6.42 Å². The van der Waals surface area contributed by atoms with E-state index in [1.54, 1.807) is 6.20 Å². The van der Waals surface area contributed by atoms with Crippen LogP contribution < -0.4 is 5.32 Å². The van der Waals surface area contributed by atoms with Gasteiger partial charge in [0.2, 0.25) is 5.91 Å². The number of nitrogens with zero attached hydrogens (tertiary/aromatic N) is 1. The number of anilines is 1. The van der Waals surface area contributed by atoms with Gasteiger partial charge in [-0.3, -0.25) is 9.78 Å². The molecule has 0 radical (unpaired) electrons. The zero-order chi connectivity index (χ0) is 16.1. The van der Waals surface area contributed by atoms with Crippen molar-refractivity contribution >= 4 is 38.4 Å². The number of carbonyl (C=O) groups is 1. The number of aromatic nitrogens is 1. The summed E-state index contributed by atoms with van der Waals surface area (Å²) in [6, 6.07) is 17.8. The van der Waals surface area contributed by atoms with Crippen LogP contribution in [-0.2, 0) is 11.2 Å². The second kappa shape index (κ2) is 7.38. The van der Waals surface area contributed by atoms with E-state index in [1.165, 1.54) is 5.56 Å². The van der Waals surface area contributed by atoms with Crippen LogP contribution in [0.5, 0.6) is 0 Å². The molecular formula is C19H17BrN2O. The minimum absolute atomic E-state index is 0.0233. The molecule has 0 unspecified atom stereocenters. The van der Waals surface area contributed by atoms with E-state index in [-0.39, 0.29) is 5.91 Å². The molecule has 0 saturated heterocycles. The van der Waals surface area contributed by atoms with Crippen LogP contribution in [0.3, 0.4) is 0 Å². The molecule has 1 heterocycles. The molecule has 3 nitrogen and oxygen atoms in total. The number of amides is 1. The smallest absolute Gasteiger partial charge is 0.224 e. The molecule has 0 aliphatic heterocycles. The molecule has 0 aliphatic carbocycles. The Morgan fingerprint density at radius 3 is 2.74 bits per heavy atom. The number of rotatable bonds is 5. The van der Waals surface area contributed by atoms with Gasteiger partial charge in [-0.25, -0.2) is 0 Å². The number of pyridine rings is 1. The van der Waals surface area contributed by atoms with Crippen molar-refractivity contribution in [3.8, 4) is 0 Å². The highest BCUT2D eigenvalue weighted by atomic mass is 79.9. The average Bonchev–Trinajstić information content (AvgIpc) is 2.57. The fraction of sp³-hybridized carbons (Fsp3) is 0.158. The van der Waals surface area contributed by atoms with E-state index >= 15 is 0 Å². The molecular weight excluding hydrogens is 352 g/mol. The van der Waals surface area contributed by atoms with Crippen LogP contribution in [-0.4, -0.2) is 10.9 Å². The second-order valence-corrected chi connectivity index (χ2v) is 6.23. The Morgan fingerprint density at radius 1 is 1.04 bits per heavy atom. The van der Waals surface area contributed by atoms with Crippen molar-refractivity contribution in [3.63, 3.8) is 0 Å². The molecule has 1 aromatic heterocycles. The lowest BCUT2D eigenvalue weighted by Gasteiger charge is -2.08. The van der Waals surface area contributed by atoms with Gasteiger partial charge in [0.05, 0.1) is 11.2 Å². The quantitative estimate of drug-likeness (QED) is 0.691. The Labute approximate surface area is 143 Å². The molecule has 0 fully saturated rings. The first-order chi connectivity index (χ1) is 11.2. The number of carbonyl (C=O) groups excluding carboxylic acids is 1. The Morgan fingerprint density at radius 2 is 1.87 bits per heavy atom. The monoisotopic (exact) mass is 368 g/mol. The van der Waals surface area contributed by atoms with Gasteiger partial charge < -0.3 is 5.32 Å². The third-order valence-corrected chi connectivity index (χ3v) is 4.49.